The summed E-state index contributed by atoms with van der Waals surface area (Å²) in [4.78, 5) is 10.7. The molecule has 0 atom stereocenters. The van der Waals surface area contributed by atoms with Gasteiger partial charge in [0.2, 0.25) is 0 Å². The molecular weight excluding hydrogens is 438 g/mol. The van der Waals surface area contributed by atoms with E-state index in [1.54, 1.807) is 24.3 Å². The van der Waals surface area contributed by atoms with Gasteiger partial charge in [0.25, 0.3) is 0 Å². The second kappa shape index (κ2) is 14.0. The van der Waals surface area contributed by atoms with Crippen molar-refractivity contribution in [2.75, 3.05) is 6.61 Å². The first-order valence-electron chi connectivity index (χ1n) is 11.8. The first kappa shape index (κ1) is 26.9. The van der Waals surface area contributed by atoms with Gasteiger partial charge in [0.15, 0.2) is 0 Å². The predicted molar refractivity (Wildman–Crippen MR) is 142 cm³/mol. The van der Waals surface area contributed by atoms with E-state index in [0.29, 0.717) is 17.7 Å². The summed E-state index contributed by atoms with van der Waals surface area (Å²) in [5.74, 6) is -0.156. The number of benzene rings is 3. The van der Waals surface area contributed by atoms with Crippen LogP contribution in [0.3, 0.4) is 0 Å². The van der Waals surface area contributed by atoms with E-state index in [1.807, 2.05) is 42.5 Å². The summed E-state index contributed by atoms with van der Waals surface area (Å²) in [5.41, 5.74) is 3.31. The van der Waals surface area contributed by atoms with Crippen molar-refractivity contribution in [3.05, 3.63) is 90.0 Å². The Labute approximate surface area is 204 Å². The lowest BCUT2D eigenvalue weighted by Gasteiger charge is -2.14. The first-order valence-corrected chi connectivity index (χ1v) is 15.5. The van der Waals surface area contributed by atoms with Crippen LogP contribution < -0.4 is 4.74 Å². The Bertz CT molecular complexity index is 1030. The molecule has 0 aliphatic heterocycles. The maximum absolute atomic E-state index is 10.7. The molecule has 0 saturated carbocycles. The number of carbonyl (C=O) groups is 1. The molecule has 34 heavy (non-hydrogen) atoms. The SMILES string of the molecule is C[Si](C)(C)CCCCCCOc1ccc(C(=O)O)cc1.N#Cc1ccc(-c2ccccc2)cc1. The minimum Gasteiger partial charge on any atom is -0.494 e. The number of nitrogens with zero attached hydrogens (tertiary/aromatic N) is 1. The largest absolute Gasteiger partial charge is 0.494 e. The first-order chi connectivity index (χ1) is 16.3. The highest BCUT2D eigenvalue weighted by atomic mass is 28.3. The molecule has 178 valence electrons. The zero-order valence-corrected chi connectivity index (χ0v) is 21.5. The molecule has 3 aromatic rings. The van der Waals surface area contributed by atoms with Gasteiger partial charge in [-0.1, -0.05) is 87.4 Å². The predicted octanol–water partition coefficient (Wildman–Crippen LogP) is 7.89. The van der Waals surface area contributed by atoms with Crippen molar-refractivity contribution in [2.45, 2.75) is 51.4 Å². The van der Waals surface area contributed by atoms with Crippen molar-refractivity contribution in [1.82, 2.24) is 0 Å². The molecular formula is C29H35NO3Si. The summed E-state index contributed by atoms with van der Waals surface area (Å²) in [5, 5.41) is 17.4. The number of aromatic carboxylic acids is 1. The molecule has 3 aromatic carbocycles. The number of nitriles is 1. The van der Waals surface area contributed by atoms with Crippen LogP contribution in [0.5, 0.6) is 5.75 Å². The van der Waals surface area contributed by atoms with Gasteiger partial charge in [-0.3, -0.25) is 0 Å². The van der Waals surface area contributed by atoms with Gasteiger partial charge in [0, 0.05) is 8.07 Å². The lowest BCUT2D eigenvalue weighted by molar-refractivity contribution is 0.0697. The fourth-order valence-corrected chi connectivity index (χ4v) is 4.67. The van der Waals surface area contributed by atoms with Crippen LogP contribution in [0.25, 0.3) is 11.1 Å². The van der Waals surface area contributed by atoms with Crippen molar-refractivity contribution in [3.63, 3.8) is 0 Å². The summed E-state index contributed by atoms with van der Waals surface area (Å²) in [6, 6.07) is 27.8. The molecule has 0 aliphatic rings. The summed E-state index contributed by atoms with van der Waals surface area (Å²) in [6.45, 7) is 7.95. The minimum absolute atomic E-state index is 0.295. The van der Waals surface area contributed by atoms with Crippen LogP contribution >= 0.6 is 0 Å². The Morgan fingerprint density at radius 3 is 1.97 bits per heavy atom. The topological polar surface area (TPSA) is 70.3 Å². The maximum Gasteiger partial charge on any atom is 0.335 e. The van der Waals surface area contributed by atoms with Crippen LogP contribution in [0.4, 0.5) is 0 Å². The van der Waals surface area contributed by atoms with Gasteiger partial charge in [-0.25, -0.2) is 4.79 Å². The quantitative estimate of drug-likeness (QED) is 0.240. The Kier molecular flexibility index (Phi) is 11.1. The molecule has 4 nitrogen and oxygen atoms in total. The van der Waals surface area contributed by atoms with Gasteiger partial charge in [-0.15, -0.1) is 0 Å². The highest BCUT2D eigenvalue weighted by molar-refractivity contribution is 6.76. The Morgan fingerprint density at radius 1 is 0.824 bits per heavy atom. The smallest absolute Gasteiger partial charge is 0.335 e. The molecule has 1 N–H and O–H groups in total. The molecule has 3 rings (SSSR count). The number of carboxylic acids is 1. The van der Waals surface area contributed by atoms with E-state index in [2.05, 4.69) is 37.8 Å². The number of unbranched alkanes of at least 4 members (excludes halogenated alkanes) is 3. The van der Waals surface area contributed by atoms with Crippen molar-refractivity contribution in [1.29, 1.82) is 5.26 Å². The van der Waals surface area contributed by atoms with Gasteiger partial charge < -0.3 is 9.84 Å². The maximum atomic E-state index is 10.7. The third kappa shape index (κ3) is 10.5. The molecule has 0 aromatic heterocycles. The lowest BCUT2D eigenvalue weighted by Crippen LogP contribution is -2.18. The Hall–Kier alpha value is -3.36. The second-order valence-electron chi connectivity index (χ2n) is 9.46. The normalized spacial score (nSPS) is 10.5. The standard InChI is InChI=1S/C16H26O3Si.C13H9N/c1-20(2,3)13-7-5-4-6-12-19-15-10-8-14(9-11-15)16(17)18;14-10-11-6-8-13(9-7-11)12-4-2-1-3-5-12/h8-11H,4-7,12-13H2,1-3H3,(H,17,18);1-9H. The Morgan fingerprint density at radius 2 is 1.41 bits per heavy atom. The fraction of sp³-hybridized carbons (Fsp3) is 0.310. The monoisotopic (exact) mass is 473 g/mol. The van der Waals surface area contributed by atoms with E-state index in [0.717, 1.165) is 17.7 Å². The van der Waals surface area contributed by atoms with Gasteiger partial charge in [-0.05, 0) is 53.9 Å². The zero-order valence-electron chi connectivity index (χ0n) is 20.5. The van der Waals surface area contributed by atoms with Crippen LogP contribution in [0.15, 0.2) is 78.9 Å². The van der Waals surface area contributed by atoms with E-state index >= 15 is 0 Å². The number of hydrogen-bond acceptors (Lipinski definition) is 3. The minimum atomic E-state index is -0.904. The molecule has 0 heterocycles. The third-order valence-corrected chi connectivity index (χ3v) is 7.17. The molecule has 0 radical (unpaired) electrons. The summed E-state index contributed by atoms with van der Waals surface area (Å²) in [7, 11) is -0.872. The highest BCUT2D eigenvalue weighted by Crippen LogP contribution is 2.19. The molecule has 5 heteroatoms. The number of hydrogen-bond donors (Lipinski definition) is 1. The van der Waals surface area contributed by atoms with Crippen molar-refractivity contribution in [3.8, 4) is 22.9 Å². The number of carboxylic acid groups (broad SMARTS) is 1. The molecule has 0 unspecified atom stereocenters. The summed E-state index contributed by atoms with van der Waals surface area (Å²) >= 11 is 0. The fourth-order valence-electron chi connectivity index (χ4n) is 3.36. The van der Waals surface area contributed by atoms with E-state index in [-0.39, 0.29) is 0 Å². The van der Waals surface area contributed by atoms with Gasteiger partial charge in [0.05, 0.1) is 23.8 Å². The van der Waals surface area contributed by atoms with Crippen LogP contribution in [0, 0.1) is 11.3 Å². The van der Waals surface area contributed by atoms with Crippen LogP contribution in [0.2, 0.25) is 25.7 Å². The molecule has 0 amide bonds. The van der Waals surface area contributed by atoms with E-state index in [9.17, 15) is 4.79 Å². The number of rotatable bonds is 10. The van der Waals surface area contributed by atoms with Crippen molar-refractivity contribution < 1.29 is 14.6 Å². The third-order valence-electron chi connectivity index (χ3n) is 5.31. The van der Waals surface area contributed by atoms with Gasteiger partial charge in [-0.2, -0.15) is 5.26 Å². The number of ether oxygens (including phenoxy) is 1. The van der Waals surface area contributed by atoms with Gasteiger partial charge >= 0.3 is 5.97 Å². The average Bonchev–Trinajstić information content (AvgIpc) is 2.84. The van der Waals surface area contributed by atoms with E-state index in [1.165, 1.54) is 30.9 Å². The van der Waals surface area contributed by atoms with Crippen molar-refractivity contribution >= 4 is 14.0 Å². The average molecular weight is 474 g/mol. The molecule has 0 spiro atoms. The lowest BCUT2D eigenvalue weighted by atomic mass is 10.0. The zero-order chi connectivity index (χ0) is 24.8. The van der Waals surface area contributed by atoms with Crippen LogP contribution in [0.1, 0.15) is 41.6 Å². The van der Waals surface area contributed by atoms with E-state index < -0.39 is 14.0 Å². The second-order valence-corrected chi connectivity index (χ2v) is 15.1. The molecule has 0 fully saturated rings. The molecule has 0 aliphatic carbocycles. The molecule has 0 saturated heterocycles. The Balaban J connectivity index is 0.000000254. The summed E-state index contributed by atoms with van der Waals surface area (Å²) < 4.78 is 5.60. The van der Waals surface area contributed by atoms with Crippen LogP contribution in [-0.2, 0) is 0 Å². The van der Waals surface area contributed by atoms with E-state index in [4.69, 9.17) is 15.1 Å². The highest BCUT2D eigenvalue weighted by Gasteiger charge is 2.11. The summed E-state index contributed by atoms with van der Waals surface area (Å²) in [6.07, 6.45) is 4.89. The van der Waals surface area contributed by atoms with Crippen LogP contribution in [-0.4, -0.2) is 25.8 Å². The van der Waals surface area contributed by atoms with Gasteiger partial charge in [0.1, 0.15) is 5.75 Å². The molecule has 0 bridgehead atoms. The van der Waals surface area contributed by atoms with Crippen molar-refractivity contribution in [2.24, 2.45) is 0 Å².